The molecule has 0 aliphatic heterocycles. The normalized spacial score (nSPS) is 10.9. The average molecular weight is 293 g/mol. The Hall–Kier alpha value is -1.44. The van der Waals surface area contributed by atoms with Crippen LogP contribution in [-0.4, -0.2) is 7.11 Å². The molecular weight excluding hydrogens is 279 g/mol. The lowest BCUT2D eigenvalue weighted by atomic mass is 10.1. The minimum atomic E-state index is 0.580. The van der Waals surface area contributed by atoms with Gasteiger partial charge in [0.25, 0.3) is 0 Å². The molecule has 98 valence electrons. The van der Waals surface area contributed by atoms with Gasteiger partial charge < -0.3 is 4.74 Å². The van der Waals surface area contributed by atoms with Crippen molar-refractivity contribution in [3.05, 3.63) is 63.1 Å². The van der Waals surface area contributed by atoms with Crippen LogP contribution in [0.1, 0.15) is 16.7 Å². The quantitative estimate of drug-likeness (QED) is 0.681. The van der Waals surface area contributed by atoms with E-state index in [0.717, 1.165) is 22.4 Å². The molecule has 3 heteroatoms. The lowest BCUT2D eigenvalue weighted by Gasteiger charge is -2.03. The fourth-order valence-electron chi connectivity index (χ4n) is 1.76. The van der Waals surface area contributed by atoms with Crippen molar-refractivity contribution in [1.29, 1.82) is 0 Å². The average Bonchev–Trinajstić information content (AvgIpc) is 2.43. The molecular formula is C16H14Cl2O. The summed E-state index contributed by atoms with van der Waals surface area (Å²) in [6, 6.07) is 11.7. The Kier molecular flexibility index (Phi) is 4.52. The second-order valence-electron chi connectivity index (χ2n) is 4.24. The minimum absolute atomic E-state index is 0.580. The number of halogens is 2. The van der Waals surface area contributed by atoms with Crippen molar-refractivity contribution in [2.24, 2.45) is 0 Å². The Morgan fingerprint density at radius 2 is 1.58 bits per heavy atom. The first-order valence-corrected chi connectivity index (χ1v) is 6.63. The summed E-state index contributed by atoms with van der Waals surface area (Å²) >= 11 is 12.1. The first-order valence-electron chi connectivity index (χ1n) is 5.88. The molecule has 2 aromatic carbocycles. The van der Waals surface area contributed by atoms with E-state index < -0.39 is 0 Å². The van der Waals surface area contributed by atoms with Crippen LogP contribution < -0.4 is 4.74 Å². The summed E-state index contributed by atoms with van der Waals surface area (Å²) in [6.45, 7) is 1.94. The van der Waals surface area contributed by atoms with Crippen molar-refractivity contribution in [3.8, 4) is 5.75 Å². The van der Waals surface area contributed by atoms with Gasteiger partial charge in [0.05, 0.1) is 17.2 Å². The fraction of sp³-hybridized carbons (Fsp3) is 0.125. The van der Waals surface area contributed by atoms with Gasteiger partial charge in [0, 0.05) is 0 Å². The van der Waals surface area contributed by atoms with E-state index >= 15 is 0 Å². The smallest absolute Gasteiger partial charge is 0.118 e. The molecule has 0 amide bonds. The van der Waals surface area contributed by atoms with E-state index in [0.29, 0.717) is 10.0 Å². The van der Waals surface area contributed by atoms with Crippen molar-refractivity contribution in [2.75, 3.05) is 7.11 Å². The van der Waals surface area contributed by atoms with E-state index in [9.17, 15) is 0 Å². The summed E-state index contributed by atoms with van der Waals surface area (Å²) in [4.78, 5) is 0. The van der Waals surface area contributed by atoms with E-state index in [1.165, 1.54) is 0 Å². The van der Waals surface area contributed by atoms with Gasteiger partial charge in [-0.1, -0.05) is 53.6 Å². The molecule has 0 radical (unpaired) electrons. The number of aryl methyl sites for hydroxylation is 1. The molecule has 0 fully saturated rings. The van der Waals surface area contributed by atoms with Crippen LogP contribution >= 0.6 is 23.2 Å². The maximum absolute atomic E-state index is 6.06. The Morgan fingerprint density at radius 3 is 2.16 bits per heavy atom. The number of benzene rings is 2. The Morgan fingerprint density at radius 1 is 0.947 bits per heavy atom. The van der Waals surface area contributed by atoms with Gasteiger partial charge in [-0.05, 0) is 41.8 Å². The summed E-state index contributed by atoms with van der Waals surface area (Å²) in [6.07, 6.45) is 4.04. The van der Waals surface area contributed by atoms with E-state index in [4.69, 9.17) is 27.9 Å². The summed E-state index contributed by atoms with van der Waals surface area (Å²) in [7, 11) is 1.66. The maximum Gasteiger partial charge on any atom is 0.118 e. The predicted molar refractivity (Wildman–Crippen MR) is 83.1 cm³/mol. The molecule has 0 unspecified atom stereocenters. The van der Waals surface area contributed by atoms with Crippen LogP contribution in [0.25, 0.3) is 12.2 Å². The Balaban J connectivity index is 2.22. The lowest BCUT2D eigenvalue weighted by molar-refractivity contribution is 0.415. The highest BCUT2D eigenvalue weighted by Gasteiger charge is 2.02. The molecule has 0 bridgehead atoms. The van der Waals surface area contributed by atoms with Crippen molar-refractivity contribution in [2.45, 2.75) is 6.92 Å². The second-order valence-corrected chi connectivity index (χ2v) is 5.03. The summed E-state index contributed by atoms with van der Waals surface area (Å²) in [5.74, 6) is 0.850. The monoisotopic (exact) mass is 292 g/mol. The molecule has 0 aliphatic rings. The van der Waals surface area contributed by atoms with Crippen LogP contribution in [0.5, 0.6) is 5.75 Å². The summed E-state index contributed by atoms with van der Waals surface area (Å²) in [5, 5.41) is 1.19. The van der Waals surface area contributed by atoms with Gasteiger partial charge in [-0.2, -0.15) is 0 Å². The van der Waals surface area contributed by atoms with Gasteiger partial charge in [-0.3, -0.25) is 0 Å². The molecule has 1 nitrogen and oxygen atoms in total. The molecule has 0 saturated carbocycles. The van der Waals surface area contributed by atoms with E-state index in [1.54, 1.807) is 7.11 Å². The van der Waals surface area contributed by atoms with Crippen LogP contribution in [0.3, 0.4) is 0 Å². The zero-order valence-corrected chi connectivity index (χ0v) is 12.3. The third kappa shape index (κ3) is 3.52. The molecule has 2 rings (SSSR count). The highest BCUT2D eigenvalue weighted by molar-refractivity contribution is 6.42. The molecule has 0 spiro atoms. The van der Waals surface area contributed by atoms with Crippen molar-refractivity contribution < 1.29 is 4.74 Å². The van der Waals surface area contributed by atoms with E-state index in [1.807, 2.05) is 55.5 Å². The number of methoxy groups -OCH3 is 1. The summed E-state index contributed by atoms with van der Waals surface area (Å²) in [5.41, 5.74) is 3.11. The van der Waals surface area contributed by atoms with Crippen LogP contribution in [-0.2, 0) is 0 Å². The SMILES string of the molecule is COc1ccc(C=Cc2cc(C)c(Cl)c(Cl)c2)cc1. The van der Waals surface area contributed by atoms with Gasteiger partial charge in [0.1, 0.15) is 5.75 Å². The molecule has 0 saturated heterocycles. The molecule has 0 aliphatic carbocycles. The number of ether oxygens (including phenoxy) is 1. The molecule has 2 aromatic rings. The predicted octanol–water partition coefficient (Wildman–Crippen LogP) is 5.48. The third-order valence-corrected chi connectivity index (χ3v) is 3.71. The second kappa shape index (κ2) is 6.14. The van der Waals surface area contributed by atoms with Crippen molar-refractivity contribution in [3.63, 3.8) is 0 Å². The van der Waals surface area contributed by atoms with Gasteiger partial charge in [-0.25, -0.2) is 0 Å². The van der Waals surface area contributed by atoms with Crippen LogP contribution in [0.15, 0.2) is 36.4 Å². The zero-order chi connectivity index (χ0) is 13.8. The number of hydrogen-bond acceptors (Lipinski definition) is 1. The van der Waals surface area contributed by atoms with Gasteiger partial charge >= 0.3 is 0 Å². The van der Waals surface area contributed by atoms with Crippen LogP contribution in [0.4, 0.5) is 0 Å². The van der Waals surface area contributed by atoms with E-state index in [-0.39, 0.29) is 0 Å². The first-order chi connectivity index (χ1) is 9.10. The van der Waals surface area contributed by atoms with Gasteiger partial charge in [0.2, 0.25) is 0 Å². The standard InChI is InChI=1S/C16H14Cl2O/c1-11-9-13(10-15(17)16(11)18)4-3-12-5-7-14(19-2)8-6-12/h3-10H,1-2H3. The highest BCUT2D eigenvalue weighted by Crippen LogP contribution is 2.27. The number of hydrogen-bond donors (Lipinski definition) is 0. The highest BCUT2D eigenvalue weighted by atomic mass is 35.5. The molecule has 0 aromatic heterocycles. The van der Waals surface area contributed by atoms with Crippen molar-refractivity contribution in [1.82, 2.24) is 0 Å². The first kappa shape index (κ1) is 14.0. The maximum atomic E-state index is 6.06. The van der Waals surface area contributed by atoms with Gasteiger partial charge in [0.15, 0.2) is 0 Å². The Labute approximate surface area is 123 Å². The van der Waals surface area contributed by atoms with E-state index in [2.05, 4.69) is 0 Å². The van der Waals surface area contributed by atoms with Crippen molar-refractivity contribution >= 4 is 35.4 Å². The van der Waals surface area contributed by atoms with Crippen LogP contribution in [0, 0.1) is 6.92 Å². The fourth-order valence-corrected chi connectivity index (χ4v) is 2.14. The zero-order valence-electron chi connectivity index (χ0n) is 10.8. The van der Waals surface area contributed by atoms with Gasteiger partial charge in [-0.15, -0.1) is 0 Å². The molecule has 0 N–H and O–H groups in total. The van der Waals surface area contributed by atoms with Crippen LogP contribution in [0.2, 0.25) is 10.0 Å². The molecule has 0 heterocycles. The molecule has 0 atom stereocenters. The third-order valence-electron chi connectivity index (χ3n) is 2.82. The topological polar surface area (TPSA) is 9.23 Å². The summed E-state index contributed by atoms with van der Waals surface area (Å²) < 4.78 is 5.12. The minimum Gasteiger partial charge on any atom is -0.497 e. The lowest BCUT2D eigenvalue weighted by Crippen LogP contribution is -1.82. The largest absolute Gasteiger partial charge is 0.497 e. The Bertz CT molecular complexity index is 578. The molecule has 19 heavy (non-hydrogen) atoms. The number of rotatable bonds is 3.